The highest BCUT2D eigenvalue weighted by Crippen LogP contribution is 2.10. The fourth-order valence-corrected chi connectivity index (χ4v) is 3.24. The van der Waals surface area contributed by atoms with Gasteiger partial charge in [-0.2, -0.15) is 0 Å². The minimum absolute atomic E-state index is 0.0238. The number of hydrogen-bond donors (Lipinski definition) is 2. The molecule has 0 saturated heterocycles. The van der Waals surface area contributed by atoms with Crippen molar-refractivity contribution < 1.29 is 22.7 Å². The van der Waals surface area contributed by atoms with Crippen LogP contribution in [0.2, 0.25) is 0 Å². The number of nitrogens with one attached hydrogen (secondary N) is 1. The van der Waals surface area contributed by atoms with Crippen molar-refractivity contribution in [3.63, 3.8) is 0 Å². The minimum Gasteiger partial charge on any atom is -0.449 e. The summed E-state index contributed by atoms with van der Waals surface area (Å²) >= 11 is 0. The zero-order valence-corrected chi connectivity index (χ0v) is 17.2. The third kappa shape index (κ3) is 4.99. The largest absolute Gasteiger partial charge is 0.449 e. The number of hydrogen-bond acceptors (Lipinski definition) is 7. The Labute approximate surface area is 173 Å². The molecule has 1 aromatic carbocycles. The van der Waals surface area contributed by atoms with Gasteiger partial charge in [-0.15, -0.1) is 10.2 Å². The third-order valence-corrected chi connectivity index (χ3v) is 5.36. The van der Waals surface area contributed by atoms with Crippen LogP contribution in [-0.2, 0) is 26.0 Å². The lowest BCUT2D eigenvalue weighted by Gasteiger charge is -2.14. The minimum atomic E-state index is -3.74. The van der Waals surface area contributed by atoms with Crippen LogP contribution in [0, 0.1) is 6.92 Å². The van der Waals surface area contributed by atoms with E-state index < -0.39 is 28.0 Å². The number of aryl methyl sites for hydroxylation is 1. The molecule has 0 aliphatic carbocycles. The average molecular weight is 431 g/mol. The van der Waals surface area contributed by atoms with Gasteiger partial charge in [-0.25, -0.2) is 18.4 Å². The van der Waals surface area contributed by atoms with Gasteiger partial charge in [-0.1, -0.05) is 12.1 Å². The van der Waals surface area contributed by atoms with Crippen molar-refractivity contribution in [2.24, 2.45) is 5.14 Å². The van der Waals surface area contributed by atoms with Gasteiger partial charge in [0.1, 0.15) is 5.82 Å². The van der Waals surface area contributed by atoms with Crippen molar-refractivity contribution in [1.29, 1.82) is 0 Å². The predicted octanol–water partition coefficient (Wildman–Crippen LogP) is 0.589. The molecule has 2 aromatic heterocycles. The molecule has 30 heavy (non-hydrogen) atoms. The summed E-state index contributed by atoms with van der Waals surface area (Å²) in [6.45, 7) is 3.53. The first-order valence-corrected chi connectivity index (χ1v) is 10.6. The van der Waals surface area contributed by atoms with E-state index in [9.17, 15) is 18.0 Å². The van der Waals surface area contributed by atoms with Gasteiger partial charge in [0.15, 0.2) is 11.8 Å². The predicted molar refractivity (Wildman–Crippen MR) is 107 cm³/mol. The number of esters is 1. The Bertz CT molecular complexity index is 1190. The third-order valence-electron chi connectivity index (χ3n) is 4.43. The molecule has 1 atom stereocenters. The van der Waals surface area contributed by atoms with Crippen LogP contribution in [0.1, 0.15) is 28.7 Å². The van der Waals surface area contributed by atoms with E-state index in [2.05, 4.69) is 15.5 Å². The molecule has 0 bridgehead atoms. The normalized spacial score (nSPS) is 12.5. The highest BCUT2D eigenvalue weighted by atomic mass is 32.2. The first-order valence-electron chi connectivity index (χ1n) is 9.07. The van der Waals surface area contributed by atoms with Crippen molar-refractivity contribution >= 4 is 27.5 Å². The summed E-state index contributed by atoms with van der Waals surface area (Å²) in [6, 6.07) is 9.26. The van der Waals surface area contributed by atoms with Gasteiger partial charge in [0.05, 0.1) is 10.5 Å². The number of nitrogens with zero attached hydrogens (tertiary/aromatic N) is 3. The Kier molecular flexibility index (Phi) is 6.13. The first kappa shape index (κ1) is 21.4. The molecule has 11 heteroatoms. The second kappa shape index (κ2) is 8.59. The van der Waals surface area contributed by atoms with Gasteiger partial charge in [0.25, 0.3) is 5.91 Å². The molecule has 2 heterocycles. The van der Waals surface area contributed by atoms with Crippen LogP contribution < -0.4 is 10.5 Å². The van der Waals surface area contributed by atoms with E-state index in [4.69, 9.17) is 9.88 Å². The van der Waals surface area contributed by atoms with Crippen molar-refractivity contribution in [1.82, 2.24) is 19.9 Å². The molecule has 158 valence electrons. The topological polar surface area (TPSA) is 146 Å². The lowest BCUT2D eigenvalue weighted by Crippen LogP contribution is -2.36. The molecule has 0 radical (unpaired) electrons. The van der Waals surface area contributed by atoms with Crippen molar-refractivity contribution in [3.05, 3.63) is 59.5 Å². The summed E-state index contributed by atoms with van der Waals surface area (Å²) in [4.78, 5) is 24.6. The van der Waals surface area contributed by atoms with E-state index in [0.29, 0.717) is 24.4 Å². The second-order valence-corrected chi connectivity index (χ2v) is 8.23. The van der Waals surface area contributed by atoms with Gasteiger partial charge in [0, 0.05) is 12.7 Å². The van der Waals surface area contributed by atoms with Gasteiger partial charge < -0.3 is 10.1 Å². The number of pyridine rings is 1. The molecule has 10 nitrogen and oxygen atoms in total. The highest BCUT2D eigenvalue weighted by molar-refractivity contribution is 7.89. The van der Waals surface area contributed by atoms with Crippen LogP contribution in [0.3, 0.4) is 0 Å². The van der Waals surface area contributed by atoms with Gasteiger partial charge in [0.2, 0.25) is 10.0 Å². The van der Waals surface area contributed by atoms with Crippen LogP contribution in [0.15, 0.2) is 47.5 Å². The van der Waals surface area contributed by atoms with E-state index in [0.717, 1.165) is 5.56 Å². The van der Waals surface area contributed by atoms with Crippen LogP contribution >= 0.6 is 0 Å². The molecular weight excluding hydrogens is 410 g/mol. The Balaban J connectivity index is 1.51. The summed E-state index contributed by atoms with van der Waals surface area (Å²) in [5.41, 5.74) is 1.71. The number of benzene rings is 1. The molecule has 0 aliphatic rings. The van der Waals surface area contributed by atoms with E-state index in [-0.39, 0.29) is 10.5 Å². The molecule has 0 spiro atoms. The molecule has 0 aliphatic heterocycles. The molecular formula is C19H21N5O5S. The molecule has 3 rings (SSSR count). The maximum atomic E-state index is 12.3. The molecule has 1 unspecified atom stereocenters. The Morgan fingerprint density at radius 3 is 2.53 bits per heavy atom. The van der Waals surface area contributed by atoms with E-state index >= 15 is 0 Å². The molecule has 0 fully saturated rings. The summed E-state index contributed by atoms with van der Waals surface area (Å²) in [5.74, 6) is -0.445. The number of carbonyl (C=O) groups is 2. The number of rotatable bonds is 7. The molecule has 0 saturated carbocycles. The van der Waals surface area contributed by atoms with Crippen LogP contribution in [0.5, 0.6) is 0 Å². The van der Waals surface area contributed by atoms with E-state index in [1.54, 1.807) is 41.8 Å². The first-order chi connectivity index (χ1) is 14.1. The van der Waals surface area contributed by atoms with Crippen LogP contribution in [-0.4, -0.2) is 47.5 Å². The quantitative estimate of drug-likeness (QED) is 0.521. The number of aromatic nitrogens is 3. The summed E-state index contributed by atoms with van der Waals surface area (Å²) in [5, 5.41) is 15.6. The molecule has 1 amide bonds. The monoisotopic (exact) mass is 431 g/mol. The average Bonchev–Trinajstić information content (AvgIpc) is 3.07. The fraction of sp³-hybridized carbons (Fsp3) is 0.263. The van der Waals surface area contributed by atoms with Gasteiger partial charge >= 0.3 is 5.97 Å². The smallest absolute Gasteiger partial charge is 0.340 e. The summed E-state index contributed by atoms with van der Waals surface area (Å²) in [7, 11) is -3.74. The van der Waals surface area contributed by atoms with Crippen molar-refractivity contribution in [3.8, 4) is 0 Å². The van der Waals surface area contributed by atoms with Gasteiger partial charge in [-0.3, -0.25) is 9.20 Å². The van der Waals surface area contributed by atoms with Crippen LogP contribution in [0.4, 0.5) is 0 Å². The number of ether oxygens (including phenoxy) is 1. The number of amides is 1. The standard InChI is InChI=1S/C19H21N5O5S/c1-12(29-19(26)15-5-8-17-23-22-13(2)24(17)11-15)18(25)21-10-9-14-3-6-16(7-4-14)30(20,27)28/h3-8,11-12H,9-10H2,1-2H3,(H,21,25)(H2,20,27,28). The number of nitrogens with two attached hydrogens (primary N) is 1. The summed E-state index contributed by atoms with van der Waals surface area (Å²) < 4.78 is 29.4. The Morgan fingerprint density at radius 1 is 1.17 bits per heavy atom. The number of fused-ring (bicyclic) bond motifs is 1. The number of primary sulfonamides is 1. The molecule has 3 N–H and O–H groups in total. The Hall–Kier alpha value is -3.31. The van der Waals surface area contributed by atoms with E-state index in [1.165, 1.54) is 19.1 Å². The fourth-order valence-electron chi connectivity index (χ4n) is 2.73. The van der Waals surface area contributed by atoms with Gasteiger partial charge in [-0.05, 0) is 50.1 Å². The highest BCUT2D eigenvalue weighted by Gasteiger charge is 2.19. The molecule has 3 aromatic rings. The van der Waals surface area contributed by atoms with Crippen molar-refractivity contribution in [2.75, 3.05) is 6.54 Å². The van der Waals surface area contributed by atoms with Crippen molar-refractivity contribution in [2.45, 2.75) is 31.3 Å². The number of carbonyl (C=O) groups excluding carboxylic acids is 2. The summed E-state index contributed by atoms with van der Waals surface area (Å²) in [6.07, 6.45) is 1.05. The number of sulfonamides is 1. The second-order valence-electron chi connectivity index (χ2n) is 6.67. The maximum absolute atomic E-state index is 12.3. The zero-order valence-electron chi connectivity index (χ0n) is 16.4. The SMILES string of the molecule is Cc1nnc2ccc(C(=O)OC(C)C(=O)NCCc3ccc(S(N)(=O)=O)cc3)cn12. The Morgan fingerprint density at radius 2 is 1.87 bits per heavy atom. The van der Waals surface area contributed by atoms with E-state index in [1.807, 2.05) is 0 Å². The maximum Gasteiger partial charge on any atom is 0.340 e. The lowest BCUT2D eigenvalue weighted by atomic mass is 10.1. The van der Waals surface area contributed by atoms with Crippen LogP contribution in [0.25, 0.3) is 5.65 Å². The zero-order chi connectivity index (χ0) is 21.9. The lowest BCUT2D eigenvalue weighted by molar-refractivity contribution is -0.129.